The van der Waals surface area contributed by atoms with E-state index in [-0.39, 0.29) is 17.3 Å². The fraction of sp³-hybridized carbons (Fsp3) is 0.292. The number of piperidine rings is 1. The summed E-state index contributed by atoms with van der Waals surface area (Å²) in [6.07, 6.45) is 7.67. The second-order valence-corrected chi connectivity index (χ2v) is 8.63. The van der Waals surface area contributed by atoms with Gasteiger partial charge in [0.2, 0.25) is 0 Å². The van der Waals surface area contributed by atoms with E-state index in [1.165, 1.54) is 11.8 Å². The van der Waals surface area contributed by atoms with Crippen LogP contribution in [0, 0.1) is 11.2 Å². The fourth-order valence-corrected chi connectivity index (χ4v) is 5.29. The normalized spacial score (nSPS) is 19.8. The van der Waals surface area contributed by atoms with Crippen LogP contribution in [0.15, 0.2) is 61.1 Å². The first-order valence-corrected chi connectivity index (χ1v) is 10.7. The molecule has 0 bridgehead atoms. The van der Waals surface area contributed by atoms with E-state index in [9.17, 15) is 4.39 Å². The molecule has 1 spiro atoms. The first kappa shape index (κ1) is 18.4. The maximum atomic E-state index is 14.8. The quantitative estimate of drug-likeness (QED) is 0.541. The molecule has 31 heavy (non-hydrogen) atoms. The van der Waals surface area contributed by atoms with Crippen LogP contribution in [0.25, 0.3) is 16.8 Å². The van der Waals surface area contributed by atoms with Crippen molar-refractivity contribution < 1.29 is 4.39 Å². The molecule has 1 fully saturated rings. The zero-order chi connectivity index (χ0) is 21.0. The molecule has 6 nitrogen and oxygen atoms in total. The van der Waals surface area contributed by atoms with Crippen molar-refractivity contribution in [3.05, 3.63) is 78.1 Å². The highest BCUT2D eigenvalue weighted by Crippen LogP contribution is 2.50. The van der Waals surface area contributed by atoms with Crippen molar-refractivity contribution in [3.8, 4) is 11.3 Å². The lowest BCUT2D eigenvalue weighted by Crippen LogP contribution is -2.44. The highest BCUT2D eigenvalue weighted by Gasteiger charge is 2.46. The van der Waals surface area contributed by atoms with Gasteiger partial charge in [0.25, 0.3) is 0 Å². The Hall–Kier alpha value is -3.32. The van der Waals surface area contributed by atoms with Crippen molar-refractivity contribution in [2.75, 3.05) is 18.0 Å². The lowest BCUT2D eigenvalue weighted by Gasteiger charge is -2.42. The summed E-state index contributed by atoms with van der Waals surface area (Å²) in [5.41, 5.74) is 11.1. The molecule has 0 saturated carbocycles. The molecule has 6 rings (SSSR count). The summed E-state index contributed by atoms with van der Waals surface area (Å²) in [7, 11) is 0. The van der Waals surface area contributed by atoms with Gasteiger partial charge in [-0.3, -0.25) is 4.98 Å². The minimum Gasteiger partial charge on any atom is -0.355 e. The monoisotopic (exact) mass is 414 g/mol. The number of pyridine rings is 1. The maximum absolute atomic E-state index is 14.8. The molecule has 2 aliphatic rings. The molecule has 0 amide bonds. The fourth-order valence-electron chi connectivity index (χ4n) is 5.29. The smallest absolute Gasteiger partial charge is 0.172 e. The summed E-state index contributed by atoms with van der Waals surface area (Å²) in [6.45, 7) is 1.55. The van der Waals surface area contributed by atoms with Gasteiger partial charge < -0.3 is 10.6 Å². The number of aromatic nitrogens is 4. The van der Waals surface area contributed by atoms with Crippen molar-refractivity contribution in [2.24, 2.45) is 11.1 Å². The van der Waals surface area contributed by atoms with Gasteiger partial charge in [0, 0.05) is 36.6 Å². The largest absolute Gasteiger partial charge is 0.355 e. The van der Waals surface area contributed by atoms with Crippen LogP contribution in [0.3, 0.4) is 0 Å². The molecule has 1 saturated heterocycles. The number of fused-ring (bicyclic) bond motifs is 2. The predicted molar refractivity (Wildman–Crippen MR) is 117 cm³/mol. The second kappa shape index (κ2) is 6.85. The molecule has 1 aromatic carbocycles. The summed E-state index contributed by atoms with van der Waals surface area (Å²) in [5, 5.41) is 4.31. The van der Waals surface area contributed by atoms with Gasteiger partial charge in [-0.15, -0.1) is 0 Å². The van der Waals surface area contributed by atoms with E-state index in [4.69, 9.17) is 10.7 Å². The highest BCUT2D eigenvalue weighted by molar-refractivity contribution is 5.74. The van der Waals surface area contributed by atoms with Crippen molar-refractivity contribution in [1.29, 1.82) is 0 Å². The predicted octanol–water partition coefficient (Wildman–Crippen LogP) is 3.77. The number of hydrogen-bond acceptors (Lipinski definition) is 5. The van der Waals surface area contributed by atoms with E-state index in [1.54, 1.807) is 10.7 Å². The average molecular weight is 414 g/mol. The van der Waals surface area contributed by atoms with E-state index in [2.05, 4.69) is 21.0 Å². The van der Waals surface area contributed by atoms with E-state index in [1.807, 2.05) is 42.6 Å². The summed E-state index contributed by atoms with van der Waals surface area (Å²) in [6, 6.07) is 13.9. The Morgan fingerprint density at radius 3 is 2.58 bits per heavy atom. The number of hydrogen-bond donors (Lipinski definition) is 1. The number of rotatable bonds is 2. The van der Waals surface area contributed by atoms with Crippen LogP contribution in [0.1, 0.15) is 30.1 Å². The number of nitrogens with two attached hydrogens (primary N) is 1. The third-order valence-corrected chi connectivity index (χ3v) is 7.04. The topological polar surface area (TPSA) is 72.3 Å². The third-order valence-electron chi connectivity index (χ3n) is 7.04. The molecular formula is C24H23FN6. The Morgan fingerprint density at radius 2 is 1.81 bits per heavy atom. The molecule has 1 aliphatic carbocycles. The van der Waals surface area contributed by atoms with Gasteiger partial charge in [0.05, 0.1) is 18.1 Å². The van der Waals surface area contributed by atoms with Crippen LogP contribution < -0.4 is 10.6 Å². The molecule has 3 aromatic heterocycles. The van der Waals surface area contributed by atoms with Crippen molar-refractivity contribution >= 4 is 11.3 Å². The standard InChI is InChI=1S/C24H23FN6/c25-18-14-29-31-20(16-5-2-1-3-6-16)15-28-23(21(18)31)30-11-8-24(9-12-30)13-19-17(22(24)26)7-4-10-27-19/h1-7,10,14-15,22H,8-9,11-13,26H2/t22-/m1/s1. The maximum Gasteiger partial charge on any atom is 0.172 e. The van der Waals surface area contributed by atoms with E-state index < -0.39 is 0 Å². The molecular weight excluding hydrogens is 391 g/mol. The minimum absolute atomic E-state index is 0.00140. The first-order valence-electron chi connectivity index (χ1n) is 10.7. The Kier molecular flexibility index (Phi) is 4.08. The number of benzene rings is 1. The molecule has 4 heterocycles. The van der Waals surface area contributed by atoms with Gasteiger partial charge in [-0.2, -0.15) is 5.10 Å². The molecule has 1 aliphatic heterocycles. The Morgan fingerprint density at radius 1 is 1.00 bits per heavy atom. The Balaban J connectivity index is 1.32. The number of halogens is 1. The van der Waals surface area contributed by atoms with Crippen molar-refractivity contribution in [2.45, 2.75) is 25.3 Å². The summed E-state index contributed by atoms with van der Waals surface area (Å²) >= 11 is 0. The van der Waals surface area contributed by atoms with Gasteiger partial charge in [-0.25, -0.2) is 13.9 Å². The van der Waals surface area contributed by atoms with E-state index in [0.29, 0.717) is 11.3 Å². The Bertz CT molecular complexity index is 1260. The second-order valence-electron chi connectivity index (χ2n) is 8.63. The summed E-state index contributed by atoms with van der Waals surface area (Å²) in [4.78, 5) is 11.4. The average Bonchev–Trinajstić information content (AvgIpc) is 3.33. The molecule has 0 radical (unpaired) electrons. The first-order chi connectivity index (χ1) is 15.2. The van der Waals surface area contributed by atoms with Gasteiger partial charge in [0.1, 0.15) is 5.52 Å². The van der Waals surface area contributed by atoms with Crippen LogP contribution in [-0.4, -0.2) is 32.7 Å². The lowest BCUT2D eigenvalue weighted by molar-refractivity contribution is 0.187. The number of anilines is 1. The van der Waals surface area contributed by atoms with E-state index >= 15 is 0 Å². The summed E-state index contributed by atoms with van der Waals surface area (Å²) < 4.78 is 16.5. The van der Waals surface area contributed by atoms with Crippen LogP contribution in [0.5, 0.6) is 0 Å². The molecule has 156 valence electrons. The van der Waals surface area contributed by atoms with Crippen LogP contribution in [0.2, 0.25) is 0 Å². The number of nitrogens with zero attached hydrogens (tertiary/aromatic N) is 5. The SMILES string of the molecule is N[C@@H]1c2cccnc2CC12CCN(c1ncc(-c3ccccc3)n3ncc(F)c13)CC2. The zero-order valence-corrected chi connectivity index (χ0v) is 17.1. The van der Waals surface area contributed by atoms with E-state index in [0.717, 1.165) is 49.3 Å². The van der Waals surface area contributed by atoms with Gasteiger partial charge in [-0.1, -0.05) is 36.4 Å². The lowest BCUT2D eigenvalue weighted by atomic mass is 9.73. The zero-order valence-electron chi connectivity index (χ0n) is 17.1. The van der Waals surface area contributed by atoms with Gasteiger partial charge >= 0.3 is 0 Å². The molecule has 7 heteroatoms. The summed E-state index contributed by atoms with van der Waals surface area (Å²) in [5.74, 6) is 0.293. The molecule has 1 atom stereocenters. The highest BCUT2D eigenvalue weighted by atomic mass is 19.1. The van der Waals surface area contributed by atoms with Crippen molar-refractivity contribution in [1.82, 2.24) is 19.6 Å². The third kappa shape index (κ3) is 2.76. The molecule has 4 aromatic rings. The molecule has 0 unspecified atom stereocenters. The van der Waals surface area contributed by atoms with Gasteiger partial charge in [-0.05, 0) is 36.3 Å². The van der Waals surface area contributed by atoms with Crippen molar-refractivity contribution in [3.63, 3.8) is 0 Å². The minimum atomic E-state index is -0.352. The van der Waals surface area contributed by atoms with Crippen LogP contribution in [-0.2, 0) is 6.42 Å². The Labute approximate surface area is 179 Å². The molecule has 2 N–H and O–H groups in total. The van der Waals surface area contributed by atoms with Crippen LogP contribution in [0.4, 0.5) is 10.2 Å². The van der Waals surface area contributed by atoms with Crippen LogP contribution >= 0.6 is 0 Å². The van der Waals surface area contributed by atoms with Gasteiger partial charge in [0.15, 0.2) is 11.6 Å².